The van der Waals surface area contributed by atoms with Crippen molar-refractivity contribution < 1.29 is 19.1 Å². The van der Waals surface area contributed by atoms with Crippen LogP contribution >= 0.6 is 0 Å². The van der Waals surface area contributed by atoms with E-state index in [0.29, 0.717) is 23.0 Å². The van der Waals surface area contributed by atoms with Crippen LogP contribution in [0.25, 0.3) is 0 Å². The smallest absolute Gasteiger partial charge is 0.328 e. The summed E-state index contributed by atoms with van der Waals surface area (Å²) in [7, 11) is 1.50. The van der Waals surface area contributed by atoms with Crippen LogP contribution in [0.15, 0.2) is 48.5 Å². The first-order valence-corrected chi connectivity index (χ1v) is 9.07. The van der Waals surface area contributed by atoms with Crippen molar-refractivity contribution in [1.82, 2.24) is 5.32 Å². The van der Waals surface area contributed by atoms with E-state index in [-0.39, 0.29) is 6.54 Å². The summed E-state index contributed by atoms with van der Waals surface area (Å²) in [6.45, 7) is 4.13. The number of carbonyl (C=O) groups is 3. The van der Waals surface area contributed by atoms with Gasteiger partial charge >= 0.3 is 6.03 Å². The molecule has 1 unspecified atom stereocenters. The molecule has 2 aromatic rings. The quantitative estimate of drug-likeness (QED) is 0.779. The van der Waals surface area contributed by atoms with E-state index in [0.717, 1.165) is 10.5 Å². The van der Waals surface area contributed by atoms with E-state index in [9.17, 15) is 14.4 Å². The van der Waals surface area contributed by atoms with E-state index in [2.05, 4.69) is 24.5 Å². The maximum absolute atomic E-state index is 12.9. The Kier molecular flexibility index (Phi) is 5.63. The Morgan fingerprint density at radius 3 is 2.54 bits per heavy atom. The second kappa shape index (κ2) is 8.12. The van der Waals surface area contributed by atoms with Crippen molar-refractivity contribution in [1.29, 1.82) is 0 Å². The highest BCUT2D eigenvalue weighted by molar-refractivity contribution is 6.23. The monoisotopic (exact) mass is 381 g/mol. The minimum absolute atomic E-state index is 0.0476. The minimum Gasteiger partial charge on any atom is -0.497 e. The third-order valence-electron chi connectivity index (χ3n) is 4.65. The lowest BCUT2D eigenvalue weighted by atomic mass is 10.0. The lowest BCUT2D eigenvalue weighted by molar-refractivity contribution is -0.130. The van der Waals surface area contributed by atoms with Crippen LogP contribution in [-0.2, 0) is 9.59 Å². The van der Waals surface area contributed by atoms with E-state index in [1.54, 1.807) is 36.4 Å². The van der Waals surface area contributed by atoms with Crippen LogP contribution < -0.4 is 20.3 Å². The summed E-state index contributed by atoms with van der Waals surface area (Å²) in [4.78, 5) is 38.8. The lowest BCUT2D eigenvalue weighted by Gasteiger charge is -2.30. The molecule has 1 atom stereocenters. The fraction of sp³-hybridized carbons (Fsp3) is 0.286. The number of amides is 4. The number of hydrogen-bond donors (Lipinski definition) is 2. The molecule has 0 aromatic heterocycles. The molecule has 7 nitrogen and oxygen atoms in total. The maximum Gasteiger partial charge on any atom is 0.328 e. The molecule has 28 heavy (non-hydrogen) atoms. The Morgan fingerprint density at radius 1 is 1.18 bits per heavy atom. The minimum atomic E-state index is -1.02. The van der Waals surface area contributed by atoms with Gasteiger partial charge in [0.05, 0.1) is 12.8 Å². The number of urea groups is 1. The molecule has 0 bridgehead atoms. The van der Waals surface area contributed by atoms with Crippen molar-refractivity contribution >= 4 is 29.2 Å². The van der Waals surface area contributed by atoms with Gasteiger partial charge in [0.1, 0.15) is 11.7 Å². The van der Waals surface area contributed by atoms with Gasteiger partial charge in [0.15, 0.2) is 0 Å². The molecular weight excluding hydrogens is 358 g/mol. The molecule has 1 saturated heterocycles. The topological polar surface area (TPSA) is 87.7 Å². The van der Waals surface area contributed by atoms with Gasteiger partial charge < -0.3 is 15.4 Å². The van der Waals surface area contributed by atoms with E-state index in [1.165, 1.54) is 7.11 Å². The Bertz CT molecular complexity index is 893. The van der Waals surface area contributed by atoms with Gasteiger partial charge in [-0.05, 0) is 35.7 Å². The molecule has 1 aliphatic heterocycles. The molecule has 1 heterocycles. The zero-order valence-corrected chi connectivity index (χ0v) is 16.1. The number of hydrogen-bond acceptors (Lipinski definition) is 4. The molecule has 1 aliphatic rings. The van der Waals surface area contributed by atoms with Crippen LogP contribution in [0, 0.1) is 5.92 Å². The van der Waals surface area contributed by atoms with Crippen molar-refractivity contribution in [3.8, 4) is 5.75 Å². The zero-order valence-electron chi connectivity index (χ0n) is 16.1. The number of imide groups is 1. The molecule has 0 aliphatic carbocycles. The van der Waals surface area contributed by atoms with Crippen LogP contribution in [-0.4, -0.2) is 31.5 Å². The van der Waals surface area contributed by atoms with E-state index in [4.69, 9.17) is 4.74 Å². The predicted molar refractivity (Wildman–Crippen MR) is 107 cm³/mol. The fourth-order valence-electron chi connectivity index (χ4n) is 2.99. The highest BCUT2D eigenvalue weighted by Gasteiger charge is 2.39. The van der Waals surface area contributed by atoms with Crippen molar-refractivity contribution in [2.75, 3.05) is 23.9 Å². The number of methoxy groups -OCH3 is 1. The summed E-state index contributed by atoms with van der Waals surface area (Å²) in [6, 6.07) is 13.5. The van der Waals surface area contributed by atoms with Crippen LogP contribution in [0.4, 0.5) is 16.2 Å². The van der Waals surface area contributed by atoms with E-state index < -0.39 is 23.8 Å². The molecule has 2 N–H and O–H groups in total. The predicted octanol–water partition coefficient (Wildman–Crippen LogP) is 3.13. The second-order valence-corrected chi connectivity index (χ2v) is 6.88. The standard InChI is InChI=1S/C21H23N3O4/c1-13(2)14-7-9-15(10-8-14)23-19(25)18-12-22-21(27)24(20(18)26)16-5-4-6-17(11-16)28-3/h4-11,13,18H,12H2,1-3H3,(H,22,27)(H,23,25). The summed E-state index contributed by atoms with van der Waals surface area (Å²) in [5.74, 6) is -1.16. The van der Waals surface area contributed by atoms with Crippen LogP contribution in [0.5, 0.6) is 5.75 Å². The molecule has 0 spiro atoms. The Morgan fingerprint density at radius 2 is 1.89 bits per heavy atom. The number of benzene rings is 2. The van der Waals surface area contributed by atoms with Crippen LogP contribution in [0.2, 0.25) is 0 Å². The first kappa shape index (κ1) is 19.4. The maximum atomic E-state index is 12.9. The summed E-state index contributed by atoms with van der Waals surface area (Å²) in [5, 5.41) is 5.36. The zero-order chi connectivity index (χ0) is 20.3. The first-order chi connectivity index (χ1) is 13.4. The molecule has 146 valence electrons. The SMILES string of the molecule is COc1cccc(N2C(=O)NCC(C(=O)Nc3ccc(C(C)C)cc3)C2=O)c1. The van der Waals surface area contributed by atoms with E-state index in [1.807, 2.05) is 12.1 Å². The number of nitrogens with zero attached hydrogens (tertiary/aromatic N) is 1. The number of ether oxygens (including phenoxy) is 1. The van der Waals surface area contributed by atoms with Gasteiger partial charge in [-0.15, -0.1) is 0 Å². The van der Waals surface area contributed by atoms with Crippen LogP contribution in [0.3, 0.4) is 0 Å². The molecule has 7 heteroatoms. The largest absolute Gasteiger partial charge is 0.497 e. The van der Waals surface area contributed by atoms with Gasteiger partial charge in [0, 0.05) is 18.3 Å². The van der Waals surface area contributed by atoms with Crippen LogP contribution in [0.1, 0.15) is 25.3 Å². The van der Waals surface area contributed by atoms with Gasteiger partial charge in [0.2, 0.25) is 11.8 Å². The summed E-state index contributed by atoms with van der Waals surface area (Å²) in [6.07, 6.45) is 0. The van der Waals surface area contributed by atoms with Gasteiger partial charge in [0.25, 0.3) is 0 Å². The highest BCUT2D eigenvalue weighted by atomic mass is 16.5. The second-order valence-electron chi connectivity index (χ2n) is 6.88. The Labute approximate surface area is 163 Å². The highest BCUT2D eigenvalue weighted by Crippen LogP contribution is 2.25. The van der Waals surface area contributed by atoms with Gasteiger partial charge in [-0.2, -0.15) is 0 Å². The Balaban J connectivity index is 1.77. The molecule has 0 radical (unpaired) electrons. The molecule has 3 rings (SSSR count). The summed E-state index contributed by atoms with van der Waals surface area (Å²) >= 11 is 0. The lowest BCUT2D eigenvalue weighted by Crippen LogP contribution is -2.58. The van der Waals surface area contributed by atoms with Crippen molar-refractivity contribution in [2.45, 2.75) is 19.8 Å². The van der Waals surface area contributed by atoms with Crippen molar-refractivity contribution in [3.63, 3.8) is 0 Å². The number of anilines is 2. The number of rotatable bonds is 5. The van der Waals surface area contributed by atoms with Gasteiger partial charge in [-0.1, -0.05) is 32.0 Å². The average molecular weight is 381 g/mol. The van der Waals surface area contributed by atoms with Crippen molar-refractivity contribution in [2.24, 2.45) is 5.92 Å². The van der Waals surface area contributed by atoms with Crippen molar-refractivity contribution in [3.05, 3.63) is 54.1 Å². The summed E-state index contributed by atoms with van der Waals surface area (Å²) in [5.41, 5.74) is 2.11. The number of nitrogens with one attached hydrogen (secondary N) is 2. The molecule has 1 fully saturated rings. The molecule has 0 saturated carbocycles. The Hall–Kier alpha value is -3.35. The molecular formula is C21H23N3O4. The molecule has 4 amide bonds. The first-order valence-electron chi connectivity index (χ1n) is 9.07. The average Bonchev–Trinajstić information content (AvgIpc) is 2.68. The van der Waals surface area contributed by atoms with Gasteiger partial charge in [-0.25, -0.2) is 9.69 Å². The third-order valence-corrected chi connectivity index (χ3v) is 4.65. The summed E-state index contributed by atoms with van der Waals surface area (Å²) < 4.78 is 5.15. The normalized spacial score (nSPS) is 16.7. The fourth-order valence-corrected chi connectivity index (χ4v) is 2.99. The number of carbonyl (C=O) groups excluding carboxylic acids is 3. The third kappa shape index (κ3) is 3.98. The molecule has 2 aromatic carbocycles. The van der Waals surface area contributed by atoms with Gasteiger partial charge in [-0.3, -0.25) is 9.59 Å². The van der Waals surface area contributed by atoms with E-state index >= 15 is 0 Å².